The summed E-state index contributed by atoms with van der Waals surface area (Å²) in [7, 11) is 0. The van der Waals surface area contributed by atoms with Crippen LogP contribution in [0.4, 0.5) is 5.69 Å². The summed E-state index contributed by atoms with van der Waals surface area (Å²) in [5.74, 6) is -0.823. The quantitative estimate of drug-likeness (QED) is 0.264. The molecule has 0 saturated heterocycles. The number of aryl methyl sites for hydroxylation is 1. The number of carboxylic acid groups (broad SMARTS) is 2. The van der Waals surface area contributed by atoms with Gasteiger partial charge in [0.15, 0.2) is 0 Å². The van der Waals surface area contributed by atoms with Crippen molar-refractivity contribution < 1.29 is 29.7 Å². The number of fused-ring (bicyclic) bond motifs is 1. The molecule has 3 rings (SSSR count). The Morgan fingerprint density at radius 2 is 1.94 bits per heavy atom. The minimum Gasteiger partial charge on any atom is -0.507 e. The van der Waals surface area contributed by atoms with Crippen LogP contribution in [0, 0.1) is 19.3 Å². The van der Waals surface area contributed by atoms with Crippen molar-refractivity contribution in [1.82, 2.24) is 15.3 Å². The van der Waals surface area contributed by atoms with E-state index in [1.54, 1.807) is 24.0 Å². The van der Waals surface area contributed by atoms with Crippen molar-refractivity contribution in [3.63, 3.8) is 0 Å². The number of carboxylic acids is 2. The average Bonchev–Trinajstić information content (AvgIpc) is 2.81. The third kappa shape index (κ3) is 6.18. The van der Waals surface area contributed by atoms with E-state index in [4.69, 9.17) is 11.5 Å². The van der Waals surface area contributed by atoms with Gasteiger partial charge in [0.2, 0.25) is 0 Å². The number of carbonyl (C=O) groups is 3. The number of aromatic amines is 1. The summed E-state index contributed by atoms with van der Waals surface area (Å²) < 4.78 is 0. The molecule has 0 fully saturated rings. The maximum absolute atomic E-state index is 12.5. The van der Waals surface area contributed by atoms with Crippen molar-refractivity contribution in [3.8, 4) is 18.1 Å². The van der Waals surface area contributed by atoms with E-state index in [-0.39, 0.29) is 30.6 Å². The van der Waals surface area contributed by atoms with Gasteiger partial charge in [-0.15, -0.1) is 6.42 Å². The fourth-order valence-corrected chi connectivity index (χ4v) is 3.64. The average molecular weight is 492 g/mol. The number of aliphatic carboxylic acids is 2. The van der Waals surface area contributed by atoms with Gasteiger partial charge in [-0.05, 0) is 43.2 Å². The van der Waals surface area contributed by atoms with Gasteiger partial charge in [0.1, 0.15) is 17.6 Å². The minimum absolute atomic E-state index is 0.155. The molecule has 186 valence electrons. The van der Waals surface area contributed by atoms with Crippen LogP contribution in [0.2, 0.25) is 0 Å². The lowest BCUT2D eigenvalue weighted by atomic mass is 10.1. The number of amides is 1. The number of nitrogens with one attached hydrogen (secondary N) is 2. The monoisotopic (exact) mass is 492 g/mol. The Labute approximate surface area is 205 Å². The van der Waals surface area contributed by atoms with E-state index in [1.807, 2.05) is 6.07 Å². The summed E-state index contributed by atoms with van der Waals surface area (Å²) in [4.78, 5) is 55.6. The number of phenols is 1. The summed E-state index contributed by atoms with van der Waals surface area (Å²) in [6, 6.07) is 7.99. The molecule has 5 N–H and O–H groups in total. The maximum atomic E-state index is 12.5. The van der Waals surface area contributed by atoms with E-state index in [2.05, 4.69) is 21.2 Å². The summed E-state index contributed by atoms with van der Waals surface area (Å²) in [6.07, 6.45) is 4.76. The molecular weight excluding hydrogens is 468 g/mol. The van der Waals surface area contributed by atoms with Gasteiger partial charge in [-0.1, -0.05) is 12.0 Å². The lowest BCUT2D eigenvalue weighted by molar-refractivity contribution is -0.140. The summed E-state index contributed by atoms with van der Waals surface area (Å²) in [6.45, 7) is 2.13. The Hall–Kier alpha value is -4.85. The number of phenolic OH excluding ortho intramolecular Hbond substituents is 1. The summed E-state index contributed by atoms with van der Waals surface area (Å²) in [5.41, 5.74) is 1.36. The standard InChI is InChI=1S/C25H24N4O7/c1-3-10-29(13-15-4-7-19-18(11-15)24(34)27-14(2)26-19)16-5-6-17(21(30)12-16)23(33)28-20(25(35)36)8-9-22(31)32/h1,4-7,11-12,20,30H,8-10,13H2,2H3,(H,28,33)(H,31,32)(H,35,36)(H,26,27,34). The van der Waals surface area contributed by atoms with Gasteiger partial charge >= 0.3 is 11.9 Å². The molecule has 1 aromatic heterocycles. The SMILES string of the molecule is C#CCN(Cc1ccc2nc(C)[nH]c(=O)c2c1)c1ccc(C(=O)NC(CCC(=O)O)C(=O)O)c(O)c1. The topological polar surface area (TPSA) is 173 Å². The molecule has 3 aromatic rings. The second-order valence-electron chi connectivity index (χ2n) is 8.06. The second-order valence-corrected chi connectivity index (χ2v) is 8.06. The van der Waals surface area contributed by atoms with Gasteiger partial charge in [0.05, 0.1) is 23.0 Å². The summed E-state index contributed by atoms with van der Waals surface area (Å²) in [5, 5.41) is 31.1. The first-order valence-electron chi connectivity index (χ1n) is 10.9. The predicted molar refractivity (Wildman–Crippen MR) is 131 cm³/mol. The van der Waals surface area contributed by atoms with E-state index < -0.39 is 36.1 Å². The first-order valence-corrected chi connectivity index (χ1v) is 10.9. The van der Waals surface area contributed by atoms with Gasteiger partial charge in [-0.25, -0.2) is 9.78 Å². The predicted octanol–water partition coefficient (Wildman–Crippen LogP) is 1.62. The number of H-pyrrole nitrogens is 1. The molecule has 0 bridgehead atoms. The Balaban J connectivity index is 1.82. The highest BCUT2D eigenvalue weighted by Gasteiger charge is 2.23. The van der Waals surface area contributed by atoms with E-state index >= 15 is 0 Å². The Kier molecular flexibility index (Phi) is 7.91. The molecule has 11 heteroatoms. The van der Waals surface area contributed by atoms with E-state index in [0.29, 0.717) is 22.4 Å². The normalized spacial score (nSPS) is 11.4. The number of nitrogens with zero attached hydrogens (tertiary/aromatic N) is 2. The van der Waals surface area contributed by atoms with Gasteiger partial charge in [-0.3, -0.25) is 14.4 Å². The number of rotatable bonds is 10. The second kappa shape index (κ2) is 11.1. The van der Waals surface area contributed by atoms with Gasteiger partial charge in [0.25, 0.3) is 11.5 Å². The number of anilines is 1. The van der Waals surface area contributed by atoms with Crippen molar-refractivity contribution in [2.45, 2.75) is 32.4 Å². The lowest BCUT2D eigenvalue weighted by Crippen LogP contribution is -2.41. The number of aromatic nitrogens is 2. The van der Waals surface area contributed by atoms with Crippen LogP contribution in [0.5, 0.6) is 5.75 Å². The number of terminal acetylenes is 1. The molecule has 0 aliphatic rings. The molecule has 11 nitrogen and oxygen atoms in total. The van der Waals surface area contributed by atoms with Crippen molar-refractivity contribution in [3.05, 3.63) is 63.7 Å². The molecule has 0 aliphatic heterocycles. The van der Waals surface area contributed by atoms with Crippen molar-refractivity contribution in [2.24, 2.45) is 0 Å². The highest BCUT2D eigenvalue weighted by molar-refractivity contribution is 5.99. The largest absolute Gasteiger partial charge is 0.507 e. The first kappa shape index (κ1) is 25.8. The fraction of sp³-hybridized carbons (Fsp3) is 0.240. The third-order valence-electron chi connectivity index (χ3n) is 5.39. The molecule has 0 aliphatic carbocycles. The molecule has 2 aromatic carbocycles. The molecule has 1 heterocycles. The number of carbonyl (C=O) groups excluding carboxylic acids is 1. The van der Waals surface area contributed by atoms with Crippen LogP contribution >= 0.6 is 0 Å². The first-order chi connectivity index (χ1) is 17.1. The highest BCUT2D eigenvalue weighted by Crippen LogP contribution is 2.26. The minimum atomic E-state index is -1.43. The van der Waals surface area contributed by atoms with Crippen LogP contribution < -0.4 is 15.8 Å². The van der Waals surface area contributed by atoms with E-state index in [1.165, 1.54) is 18.2 Å². The van der Waals surface area contributed by atoms with Crippen LogP contribution in [0.3, 0.4) is 0 Å². The van der Waals surface area contributed by atoms with Crippen LogP contribution in [-0.4, -0.2) is 55.7 Å². The maximum Gasteiger partial charge on any atom is 0.326 e. The molecule has 0 radical (unpaired) electrons. The Morgan fingerprint density at radius 3 is 2.58 bits per heavy atom. The zero-order valence-electron chi connectivity index (χ0n) is 19.3. The van der Waals surface area contributed by atoms with Crippen molar-refractivity contribution >= 4 is 34.4 Å². The molecule has 0 saturated carbocycles. The molecule has 0 spiro atoms. The van der Waals surface area contributed by atoms with Crippen molar-refractivity contribution in [1.29, 1.82) is 0 Å². The van der Waals surface area contributed by atoms with Gasteiger partial charge < -0.3 is 30.5 Å². The fourth-order valence-electron chi connectivity index (χ4n) is 3.64. The Morgan fingerprint density at radius 1 is 1.19 bits per heavy atom. The van der Waals surface area contributed by atoms with Crippen molar-refractivity contribution in [2.75, 3.05) is 11.4 Å². The lowest BCUT2D eigenvalue weighted by Gasteiger charge is -2.23. The van der Waals surface area contributed by atoms with Gasteiger partial charge in [-0.2, -0.15) is 0 Å². The van der Waals surface area contributed by atoms with E-state index in [0.717, 1.165) is 5.56 Å². The third-order valence-corrected chi connectivity index (χ3v) is 5.39. The number of hydrogen-bond donors (Lipinski definition) is 5. The molecule has 1 amide bonds. The highest BCUT2D eigenvalue weighted by atomic mass is 16.4. The molecule has 1 unspecified atom stereocenters. The zero-order chi connectivity index (χ0) is 26.4. The zero-order valence-corrected chi connectivity index (χ0v) is 19.3. The van der Waals surface area contributed by atoms with Gasteiger partial charge in [0, 0.05) is 24.7 Å². The van der Waals surface area contributed by atoms with Crippen LogP contribution in [0.1, 0.15) is 34.6 Å². The number of benzene rings is 2. The van der Waals surface area contributed by atoms with E-state index in [9.17, 15) is 29.4 Å². The molecule has 36 heavy (non-hydrogen) atoms. The van der Waals surface area contributed by atoms with Crippen LogP contribution in [0.25, 0.3) is 10.9 Å². The smallest absolute Gasteiger partial charge is 0.326 e. The molecule has 1 atom stereocenters. The van der Waals surface area contributed by atoms with Crippen LogP contribution in [0.15, 0.2) is 41.2 Å². The number of hydrogen-bond acceptors (Lipinski definition) is 7. The Bertz CT molecular complexity index is 1420. The number of aromatic hydroxyl groups is 1. The van der Waals surface area contributed by atoms with Crippen LogP contribution in [-0.2, 0) is 16.1 Å². The summed E-state index contributed by atoms with van der Waals surface area (Å²) >= 11 is 0. The molecular formula is C25H24N4O7.